The fraction of sp³-hybridized carbons (Fsp3) is 0.333. The van der Waals surface area contributed by atoms with Crippen LogP contribution in [0.1, 0.15) is 31.7 Å². The summed E-state index contributed by atoms with van der Waals surface area (Å²) in [6.45, 7) is 5.04. The third-order valence-corrected chi connectivity index (χ3v) is 2.49. The van der Waals surface area contributed by atoms with Crippen LogP contribution in [0.15, 0.2) is 48.1 Å². The van der Waals surface area contributed by atoms with E-state index < -0.39 is 0 Å². The molecule has 1 rings (SSSR count). The summed E-state index contributed by atoms with van der Waals surface area (Å²) in [5.74, 6) is -0.384. The van der Waals surface area contributed by atoms with E-state index in [9.17, 15) is 4.79 Å². The highest BCUT2D eigenvalue weighted by Crippen LogP contribution is 2.07. The van der Waals surface area contributed by atoms with Gasteiger partial charge in [0.25, 0.3) is 0 Å². The summed E-state index contributed by atoms with van der Waals surface area (Å²) in [6.07, 6.45) is 5.16. The van der Waals surface area contributed by atoms with Gasteiger partial charge in [-0.2, -0.15) is 0 Å². The van der Waals surface area contributed by atoms with Crippen molar-refractivity contribution in [3.63, 3.8) is 0 Å². The molecule has 0 aliphatic carbocycles. The first-order valence-electron chi connectivity index (χ1n) is 6.10. The lowest BCUT2D eigenvalue weighted by Gasteiger charge is -2.04. The van der Waals surface area contributed by atoms with Crippen LogP contribution in [0.4, 0.5) is 0 Å². The van der Waals surface area contributed by atoms with E-state index in [-0.39, 0.29) is 5.97 Å². The lowest BCUT2D eigenvalue weighted by atomic mass is 10.0. The summed E-state index contributed by atoms with van der Waals surface area (Å²) in [7, 11) is 0. The molecule has 0 aliphatic rings. The number of aryl methyl sites for hydroxylation is 1. The average molecular weight is 245 g/mol. The van der Waals surface area contributed by atoms with Crippen molar-refractivity contribution in [3.8, 4) is 0 Å². The second-order valence-corrected chi connectivity index (χ2v) is 4.05. The molecule has 0 N–H and O–H groups in total. The van der Waals surface area contributed by atoms with Crippen LogP contribution in [0.3, 0.4) is 0 Å². The Bertz CT molecular complexity index is 410. The van der Waals surface area contributed by atoms with Crippen LogP contribution in [0.2, 0.25) is 0 Å². The molecule has 1 aromatic carbocycles. The van der Waals surface area contributed by atoms with Crippen LogP contribution in [-0.4, -0.2) is 11.7 Å². The Morgan fingerprint density at radius 3 is 2.67 bits per heavy atom. The predicted molar refractivity (Wildman–Crippen MR) is 73.4 cm³/mol. The first-order chi connectivity index (χ1) is 8.72. The van der Waals surface area contributed by atoms with Gasteiger partial charge in [-0.15, -0.1) is 6.58 Å². The topological polar surface area (TPSA) is 38.7 Å². The van der Waals surface area contributed by atoms with Gasteiger partial charge in [0.15, 0.2) is 0 Å². The van der Waals surface area contributed by atoms with E-state index in [0.29, 0.717) is 0 Å². The normalized spacial score (nSPS) is 11.1. The Hall–Kier alpha value is -1.90. The zero-order valence-electron chi connectivity index (χ0n) is 10.8. The minimum atomic E-state index is -0.384. The first-order valence-corrected chi connectivity index (χ1v) is 6.10. The number of carbonyl (C=O) groups is 1. The van der Waals surface area contributed by atoms with Crippen LogP contribution in [0.5, 0.6) is 0 Å². The number of benzene rings is 1. The molecule has 0 unspecified atom stereocenters. The standard InChI is InChI=1S/C15H19NO2/c1-3-4-10-15(16-18-13(2)17)12-11-14-8-6-5-7-9-14/h3,5-9H,1,4,10-12H2,2H3/b16-15+. The third-order valence-electron chi connectivity index (χ3n) is 2.49. The number of allylic oxidation sites excluding steroid dienone is 1. The van der Waals surface area contributed by atoms with Crippen molar-refractivity contribution in [1.82, 2.24) is 0 Å². The molecule has 0 aromatic heterocycles. The van der Waals surface area contributed by atoms with Crippen molar-refractivity contribution in [2.24, 2.45) is 5.16 Å². The first kappa shape index (κ1) is 14.2. The number of carbonyl (C=O) groups excluding carboxylic acids is 1. The summed E-state index contributed by atoms with van der Waals surface area (Å²) in [4.78, 5) is 15.5. The highest BCUT2D eigenvalue weighted by Gasteiger charge is 2.02. The van der Waals surface area contributed by atoms with Gasteiger partial charge >= 0.3 is 5.97 Å². The van der Waals surface area contributed by atoms with Crippen molar-refractivity contribution in [1.29, 1.82) is 0 Å². The Balaban J connectivity index is 2.52. The number of nitrogens with zero attached hydrogens (tertiary/aromatic N) is 1. The maximum Gasteiger partial charge on any atom is 0.331 e. The fourth-order valence-electron chi connectivity index (χ4n) is 1.55. The maximum atomic E-state index is 10.7. The minimum Gasteiger partial charge on any atom is -0.319 e. The van der Waals surface area contributed by atoms with E-state index in [0.717, 1.165) is 31.4 Å². The smallest absolute Gasteiger partial charge is 0.319 e. The summed E-state index contributed by atoms with van der Waals surface area (Å²) in [6, 6.07) is 10.2. The average Bonchev–Trinajstić information content (AvgIpc) is 2.39. The number of hydrogen-bond donors (Lipinski definition) is 0. The van der Waals surface area contributed by atoms with E-state index in [2.05, 4.69) is 23.9 Å². The van der Waals surface area contributed by atoms with Crippen molar-refractivity contribution in [2.45, 2.75) is 32.6 Å². The van der Waals surface area contributed by atoms with Gasteiger partial charge in [0.05, 0.1) is 5.71 Å². The van der Waals surface area contributed by atoms with E-state index in [4.69, 9.17) is 4.84 Å². The van der Waals surface area contributed by atoms with E-state index in [1.165, 1.54) is 12.5 Å². The van der Waals surface area contributed by atoms with Crippen LogP contribution >= 0.6 is 0 Å². The lowest BCUT2D eigenvalue weighted by molar-refractivity contribution is -0.140. The third kappa shape index (κ3) is 5.99. The van der Waals surface area contributed by atoms with Gasteiger partial charge in [-0.25, -0.2) is 4.79 Å². The van der Waals surface area contributed by atoms with Gasteiger partial charge in [0.1, 0.15) is 0 Å². The molecule has 0 spiro atoms. The van der Waals surface area contributed by atoms with Gasteiger partial charge in [0.2, 0.25) is 0 Å². The molecule has 0 amide bonds. The van der Waals surface area contributed by atoms with Gasteiger partial charge < -0.3 is 4.84 Å². The predicted octanol–water partition coefficient (Wildman–Crippen LogP) is 3.50. The molecule has 3 nitrogen and oxygen atoms in total. The zero-order chi connectivity index (χ0) is 13.2. The molecule has 0 saturated carbocycles. The van der Waals surface area contributed by atoms with E-state index in [1.807, 2.05) is 24.3 Å². The van der Waals surface area contributed by atoms with Crippen LogP contribution in [-0.2, 0) is 16.1 Å². The summed E-state index contributed by atoms with van der Waals surface area (Å²) >= 11 is 0. The molecule has 1 aromatic rings. The number of hydrogen-bond acceptors (Lipinski definition) is 3. The Morgan fingerprint density at radius 1 is 1.33 bits per heavy atom. The largest absolute Gasteiger partial charge is 0.331 e. The van der Waals surface area contributed by atoms with Crippen LogP contribution < -0.4 is 0 Å². The Kier molecular flexibility index (Phi) is 6.47. The quantitative estimate of drug-likeness (QED) is 0.319. The highest BCUT2D eigenvalue weighted by atomic mass is 16.7. The molecule has 18 heavy (non-hydrogen) atoms. The van der Waals surface area contributed by atoms with Gasteiger partial charge in [-0.1, -0.05) is 41.6 Å². The molecule has 0 fully saturated rings. The zero-order valence-corrected chi connectivity index (χ0v) is 10.8. The minimum absolute atomic E-state index is 0.384. The number of oxime groups is 1. The molecule has 0 atom stereocenters. The van der Waals surface area contributed by atoms with Crippen molar-refractivity contribution < 1.29 is 9.63 Å². The fourth-order valence-corrected chi connectivity index (χ4v) is 1.55. The van der Waals surface area contributed by atoms with Crippen molar-refractivity contribution >= 4 is 11.7 Å². The molecule has 0 bridgehead atoms. The molecule has 0 aliphatic heterocycles. The molecular weight excluding hydrogens is 226 g/mol. The summed E-state index contributed by atoms with van der Waals surface area (Å²) in [5, 5.41) is 3.90. The molecule has 96 valence electrons. The van der Waals surface area contributed by atoms with Crippen molar-refractivity contribution in [3.05, 3.63) is 48.6 Å². The van der Waals surface area contributed by atoms with Gasteiger partial charge in [0, 0.05) is 6.92 Å². The van der Waals surface area contributed by atoms with Gasteiger partial charge in [-0.05, 0) is 31.2 Å². The Labute approximate surface area is 108 Å². The summed E-state index contributed by atoms with van der Waals surface area (Å²) < 4.78 is 0. The second kappa shape index (κ2) is 8.23. The Morgan fingerprint density at radius 2 is 2.06 bits per heavy atom. The molecule has 0 saturated heterocycles. The molecule has 0 radical (unpaired) electrons. The maximum absolute atomic E-state index is 10.7. The van der Waals surface area contributed by atoms with Gasteiger partial charge in [-0.3, -0.25) is 0 Å². The van der Waals surface area contributed by atoms with E-state index >= 15 is 0 Å². The number of rotatable bonds is 7. The lowest BCUT2D eigenvalue weighted by Crippen LogP contribution is -2.03. The SMILES string of the molecule is C=CCC/C(CCc1ccccc1)=N\OC(C)=O. The van der Waals surface area contributed by atoms with Crippen LogP contribution in [0, 0.1) is 0 Å². The van der Waals surface area contributed by atoms with Crippen LogP contribution in [0.25, 0.3) is 0 Å². The molecule has 0 heterocycles. The van der Waals surface area contributed by atoms with E-state index in [1.54, 1.807) is 0 Å². The second-order valence-electron chi connectivity index (χ2n) is 4.05. The monoisotopic (exact) mass is 245 g/mol. The van der Waals surface area contributed by atoms with Crippen molar-refractivity contribution in [2.75, 3.05) is 0 Å². The molecular formula is C15H19NO2. The summed E-state index contributed by atoms with van der Waals surface area (Å²) in [5.41, 5.74) is 2.15. The molecule has 3 heteroatoms. The highest BCUT2D eigenvalue weighted by molar-refractivity contribution is 5.85.